The minimum atomic E-state index is 0.0338. The van der Waals surface area contributed by atoms with E-state index in [1.807, 2.05) is 26.1 Å². The Labute approximate surface area is 168 Å². The first-order chi connectivity index (χ1) is 13.6. The summed E-state index contributed by atoms with van der Waals surface area (Å²) in [5.74, 6) is 1.71. The SMILES string of the molecule is CCN(C)C(=O)c1ccc(N2C[C@@H]3CC[C@H](C2)N(Cc2ccccc2)C3)nc1. The molecule has 1 aromatic heterocycles. The lowest BCUT2D eigenvalue weighted by molar-refractivity contribution is 0.0802. The fourth-order valence-corrected chi connectivity index (χ4v) is 4.44. The third-order valence-corrected chi connectivity index (χ3v) is 6.20. The van der Waals surface area contributed by atoms with Gasteiger partial charge in [0.15, 0.2) is 0 Å². The van der Waals surface area contributed by atoms with Gasteiger partial charge in [-0.05, 0) is 43.4 Å². The van der Waals surface area contributed by atoms with Gasteiger partial charge in [0.1, 0.15) is 5.82 Å². The van der Waals surface area contributed by atoms with Crippen LogP contribution in [0.25, 0.3) is 0 Å². The average Bonchev–Trinajstić information content (AvgIpc) is 3.05. The van der Waals surface area contributed by atoms with Crippen molar-refractivity contribution in [1.29, 1.82) is 0 Å². The number of nitrogens with zero attached hydrogens (tertiary/aromatic N) is 4. The van der Waals surface area contributed by atoms with Crippen LogP contribution in [0.15, 0.2) is 48.7 Å². The largest absolute Gasteiger partial charge is 0.355 e. The van der Waals surface area contributed by atoms with E-state index < -0.39 is 0 Å². The molecular weight excluding hydrogens is 348 g/mol. The van der Waals surface area contributed by atoms with Gasteiger partial charge in [-0.3, -0.25) is 9.69 Å². The second kappa shape index (κ2) is 8.31. The highest BCUT2D eigenvalue weighted by Crippen LogP contribution is 2.31. The smallest absolute Gasteiger partial charge is 0.255 e. The lowest BCUT2D eigenvalue weighted by Crippen LogP contribution is -2.43. The van der Waals surface area contributed by atoms with Gasteiger partial charge in [0.2, 0.25) is 0 Å². The molecular formula is C23H30N4O. The molecule has 2 bridgehead atoms. The van der Waals surface area contributed by atoms with Gasteiger partial charge < -0.3 is 9.80 Å². The Morgan fingerprint density at radius 3 is 2.64 bits per heavy atom. The van der Waals surface area contributed by atoms with Crippen LogP contribution in [0.5, 0.6) is 0 Å². The Morgan fingerprint density at radius 1 is 1.11 bits per heavy atom. The molecule has 3 aliphatic heterocycles. The van der Waals surface area contributed by atoms with Crippen molar-refractivity contribution in [1.82, 2.24) is 14.8 Å². The highest BCUT2D eigenvalue weighted by molar-refractivity contribution is 5.93. The number of pyridine rings is 1. The molecule has 148 valence electrons. The molecule has 3 aliphatic rings. The summed E-state index contributed by atoms with van der Waals surface area (Å²) in [5, 5.41) is 0. The monoisotopic (exact) mass is 378 g/mol. The molecule has 5 rings (SSSR count). The van der Waals surface area contributed by atoms with Crippen LogP contribution < -0.4 is 4.90 Å². The molecule has 2 atom stereocenters. The third kappa shape index (κ3) is 4.04. The first-order valence-corrected chi connectivity index (χ1v) is 10.4. The first-order valence-electron chi connectivity index (χ1n) is 10.4. The number of carbonyl (C=O) groups excluding carboxylic acids is 1. The highest BCUT2D eigenvalue weighted by Gasteiger charge is 2.35. The molecule has 0 radical (unpaired) electrons. The molecule has 1 aromatic carbocycles. The van der Waals surface area contributed by atoms with Crippen LogP contribution >= 0.6 is 0 Å². The van der Waals surface area contributed by atoms with Crippen molar-refractivity contribution in [3.63, 3.8) is 0 Å². The van der Waals surface area contributed by atoms with E-state index >= 15 is 0 Å². The predicted molar refractivity (Wildman–Crippen MR) is 112 cm³/mol. The van der Waals surface area contributed by atoms with Crippen LogP contribution in [0.4, 0.5) is 5.82 Å². The summed E-state index contributed by atoms with van der Waals surface area (Å²) >= 11 is 0. The maximum absolute atomic E-state index is 12.3. The minimum Gasteiger partial charge on any atom is -0.355 e. The van der Waals surface area contributed by atoms with Crippen molar-refractivity contribution < 1.29 is 4.79 Å². The maximum atomic E-state index is 12.3. The van der Waals surface area contributed by atoms with Crippen molar-refractivity contribution in [3.05, 3.63) is 59.8 Å². The molecule has 0 spiro atoms. The zero-order valence-electron chi connectivity index (χ0n) is 16.9. The Balaban J connectivity index is 1.46. The zero-order valence-corrected chi connectivity index (χ0v) is 16.9. The Kier molecular flexibility index (Phi) is 5.62. The molecule has 2 aromatic rings. The van der Waals surface area contributed by atoms with Crippen LogP contribution in [-0.2, 0) is 6.54 Å². The van der Waals surface area contributed by atoms with Crippen LogP contribution in [0.1, 0.15) is 35.7 Å². The fraction of sp³-hybridized carbons (Fsp3) is 0.478. The van der Waals surface area contributed by atoms with Crippen LogP contribution in [-0.4, -0.2) is 60.0 Å². The van der Waals surface area contributed by atoms with Gasteiger partial charge in [0.05, 0.1) is 5.56 Å². The first kappa shape index (κ1) is 18.9. The summed E-state index contributed by atoms with van der Waals surface area (Å²) in [6.07, 6.45) is 4.29. The molecule has 3 saturated heterocycles. The van der Waals surface area contributed by atoms with E-state index in [1.165, 1.54) is 18.4 Å². The van der Waals surface area contributed by atoms with Gasteiger partial charge in [-0.2, -0.15) is 0 Å². The summed E-state index contributed by atoms with van der Waals surface area (Å²) in [7, 11) is 1.82. The van der Waals surface area contributed by atoms with Gasteiger partial charge >= 0.3 is 0 Å². The lowest BCUT2D eigenvalue weighted by Gasteiger charge is -2.36. The number of fused-ring (bicyclic) bond motifs is 4. The third-order valence-electron chi connectivity index (χ3n) is 6.20. The molecule has 28 heavy (non-hydrogen) atoms. The van der Waals surface area contributed by atoms with Crippen molar-refractivity contribution in [2.75, 3.05) is 38.1 Å². The molecule has 4 heterocycles. The number of carbonyl (C=O) groups is 1. The van der Waals surface area contributed by atoms with E-state index in [-0.39, 0.29) is 5.91 Å². The van der Waals surface area contributed by atoms with E-state index in [9.17, 15) is 4.79 Å². The second-order valence-corrected chi connectivity index (χ2v) is 8.14. The Bertz CT molecular complexity index is 792. The minimum absolute atomic E-state index is 0.0338. The van der Waals surface area contributed by atoms with Crippen LogP contribution in [0.2, 0.25) is 0 Å². The van der Waals surface area contributed by atoms with Crippen molar-refractivity contribution in [2.45, 2.75) is 32.4 Å². The summed E-state index contributed by atoms with van der Waals surface area (Å²) in [6, 6.07) is 15.3. The van der Waals surface area contributed by atoms with Gasteiger partial charge in [0.25, 0.3) is 5.91 Å². The molecule has 5 nitrogen and oxygen atoms in total. The normalized spacial score (nSPS) is 22.1. The van der Waals surface area contributed by atoms with E-state index in [2.05, 4.69) is 45.1 Å². The van der Waals surface area contributed by atoms with Crippen molar-refractivity contribution in [2.24, 2.45) is 5.92 Å². The summed E-state index contributed by atoms with van der Waals surface area (Å²) < 4.78 is 0. The van der Waals surface area contributed by atoms with E-state index in [0.29, 0.717) is 24.1 Å². The summed E-state index contributed by atoms with van der Waals surface area (Å²) in [6.45, 7) is 6.94. The molecule has 1 amide bonds. The maximum Gasteiger partial charge on any atom is 0.255 e. The zero-order chi connectivity index (χ0) is 19.5. The summed E-state index contributed by atoms with van der Waals surface area (Å²) in [4.78, 5) is 23.7. The number of piperidine rings is 1. The van der Waals surface area contributed by atoms with Crippen molar-refractivity contribution >= 4 is 11.7 Å². The lowest BCUT2D eigenvalue weighted by atomic mass is 9.94. The molecule has 0 N–H and O–H groups in total. The Morgan fingerprint density at radius 2 is 1.93 bits per heavy atom. The Hall–Kier alpha value is -2.40. The van der Waals surface area contributed by atoms with Gasteiger partial charge in [0, 0.05) is 52.0 Å². The summed E-state index contributed by atoms with van der Waals surface area (Å²) in [5.41, 5.74) is 2.05. The number of rotatable bonds is 5. The second-order valence-electron chi connectivity index (χ2n) is 8.14. The number of amides is 1. The molecule has 5 heteroatoms. The van der Waals surface area contributed by atoms with E-state index in [1.54, 1.807) is 11.1 Å². The predicted octanol–water partition coefficient (Wildman–Crippen LogP) is 3.27. The van der Waals surface area contributed by atoms with Crippen LogP contribution in [0.3, 0.4) is 0 Å². The van der Waals surface area contributed by atoms with Gasteiger partial charge in [-0.25, -0.2) is 4.98 Å². The highest BCUT2D eigenvalue weighted by atomic mass is 16.2. The fourth-order valence-electron chi connectivity index (χ4n) is 4.44. The van der Waals surface area contributed by atoms with E-state index in [0.717, 1.165) is 32.0 Å². The molecule has 0 saturated carbocycles. The van der Waals surface area contributed by atoms with E-state index in [4.69, 9.17) is 0 Å². The number of hydrogen-bond donors (Lipinski definition) is 0. The van der Waals surface area contributed by atoms with Gasteiger partial charge in [-0.1, -0.05) is 30.3 Å². The molecule has 0 unspecified atom stereocenters. The standard InChI is InChI=1S/C23H30N4O/c1-3-25(2)23(28)20-10-12-22(24-13-20)27-16-19-9-11-21(17-27)26(15-19)14-18-7-5-4-6-8-18/h4-8,10,12-13,19,21H,3,9,11,14-17H2,1-2H3/t19-,21-/m1/s1. The van der Waals surface area contributed by atoms with Crippen molar-refractivity contribution in [3.8, 4) is 0 Å². The molecule has 3 fully saturated rings. The number of aromatic nitrogens is 1. The quantitative estimate of drug-likeness (QED) is 0.801. The number of benzene rings is 1. The topological polar surface area (TPSA) is 39.7 Å². The number of anilines is 1. The molecule has 0 aliphatic carbocycles. The van der Waals surface area contributed by atoms with Crippen LogP contribution in [0, 0.1) is 5.92 Å². The van der Waals surface area contributed by atoms with Gasteiger partial charge in [-0.15, -0.1) is 0 Å². The average molecular weight is 379 g/mol. The number of hydrogen-bond acceptors (Lipinski definition) is 4.